The van der Waals surface area contributed by atoms with Gasteiger partial charge in [-0.15, -0.1) is 0 Å². The van der Waals surface area contributed by atoms with Gasteiger partial charge in [-0.25, -0.2) is 0 Å². The van der Waals surface area contributed by atoms with Crippen LogP contribution in [0, 0.1) is 0 Å². The van der Waals surface area contributed by atoms with E-state index in [0.29, 0.717) is 18.1 Å². The lowest BCUT2D eigenvalue weighted by molar-refractivity contribution is 0.494. The topological polar surface area (TPSA) is 44.7 Å². The second kappa shape index (κ2) is 8.82. The minimum absolute atomic E-state index is 0.622. The van der Waals surface area contributed by atoms with E-state index < -0.39 is 10.8 Å². The summed E-state index contributed by atoms with van der Waals surface area (Å²) in [7, 11) is -0.846. The smallest absolute Gasteiger partial charge is 0.193 e. The Morgan fingerprint density at radius 3 is 2.67 bits per heavy atom. The van der Waals surface area contributed by atoms with Crippen LogP contribution < -0.4 is 5.32 Å². The maximum Gasteiger partial charge on any atom is 0.193 e. The zero-order valence-corrected chi connectivity index (χ0v) is 13.6. The average Bonchev–Trinajstić information content (AvgIpc) is 3.01. The molecule has 5 heteroatoms. The molecule has 1 atom stereocenters. The number of hydrogen-bond donors (Lipinski definition) is 1. The second-order valence-electron chi connectivity index (χ2n) is 5.20. The van der Waals surface area contributed by atoms with Gasteiger partial charge in [0.25, 0.3) is 0 Å². The van der Waals surface area contributed by atoms with Crippen LogP contribution in [0.25, 0.3) is 0 Å². The first-order valence-corrected chi connectivity index (χ1v) is 9.20. The van der Waals surface area contributed by atoms with Gasteiger partial charge in [-0.1, -0.05) is 30.3 Å². The summed E-state index contributed by atoms with van der Waals surface area (Å²) in [5.41, 5.74) is 1.13. The summed E-state index contributed by atoms with van der Waals surface area (Å²) in [6.07, 6.45) is 2.48. The summed E-state index contributed by atoms with van der Waals surface area (Å²) >= 11 is 0. The maximum absolute atomic E-state index is 12.1. The lowest BCUT2D eigenvalue weighted by atomic mass is 10.2. The Balaban J connectivity index is 1.80. The minimum Gasteiger partial charge on any atom is -0.357 e. The van der Waals surface area contributed by atoms with E-state index in [9.17, 15) is 4.21 Å². The van der Waals surface area contributed by atoms with Crippen molar-refractivity contribution in [2.45, 2.75) is 25.5 Å². The lowest BCUT2D eigenvalue weighted by Gasteiger charge is -2.20. The van der Waals surface area contributed by atoms with E-state index in [1.165, 1.54) is 12.8 Å². The van der Waals surface area contributed by atoms with Crippen molar-refractivity contribution in [1.82, 2.24) is 10.2 Å². The van der Waals surface area contributed by atoms with Crippen LogP contribution in [0.15, 0.2) is 35.3 Å². The fourth-order valence-electron chi connectivity index (χ4n) is 2.44. The molecule has 4 nitrogen and oxygen atoms in total. The molecule has 0 spiro atoms. The highest BCUT2D eigenvalue weighted by atomic mass is 32.2. The zero-order chi connectivity index (χ0) is 14.9. The van der Waals surface area contributed by atoms with Gasteiger partial charge in [0.05, 0.1) is 6.54 Å². The van der Waals surface area contributed by atoms with Gasteiger partial charge >= 0.3 is 0 Å². The predicted octanol–water partition coefficient (Wildman–Crippen LogP) is 2.00. The van der Waals surface area contributed by atoms with Crippen LogP contribution in [-0.4, -0.2) is 47.0 Å². The van der Waals surface area contributed by atoms with Crippen molar-refractivity contribution in [1.29, 1.82) is 0 Å². The van der Waals surface area contributed by atoms with E-state index in [1.54, 1.807) is 0 Å². The minimum atomic E-state index is -0.846. The van der Waals surface area contributed by atoms with Crippen LogP contribution in [0.5, 0.6) is 0 Å². The standard InChI is InChI=1S/C16H25N3OS/c1-2-17-16(19-11-6-7-12-19)18-10-13-21(20)14-15-8-4-3-5-9-15/h3-5,8-9H,2,6-7,10-14H2,1H3,(H,17,18). The molecule has 1 saturated heterocycles. The number of nitrogens with one attached hydrogen (secondary N) is 1. The quantitative estimate of drug-likeness (QED) is 0.646. The van der Waals surface area contributed by atoms with Crippen LogP contribution in [0.3, 0.4) is 0 Å². The van der Waals surface area contributed by atoms with Crippen LogP contribution in [0.4, 0.5) is 0 Å². The highest BCUT2D eigenvalue weighted by molar-refractivity contribution is 7.84. The predicted molar refractivity (Wildman–Crippen MR) is 89.9 cm³/mol. The van der Waals surface area contributed by atoms with Crippen LogP contribution in [0.1, 0.15) is 25.3 Å². The molecule has 1 aliphatic rings. The molecule has 1 aromatic carbocycles. The van der Waals surface area contributed by atoms with Gasteiger partial charge in [0.15, 0.2) is 5.96 Å². The van der Waals surface area contributed by atoms with E-state index in [1.807, 2.05) is 30.3 Å². The van der Waals surface area contributed by atoms with Gasteiger partial charge < -0.3 is 10.2 Å². The molecule has 0 radical (unpaired) electrons. The SMILES string of the molecule is CCNC(=NCCS(=O)Cc1ccccc1)N1CCCC1. The van der Waals surface area contributed by atoms with E-state index >= 15 is 0 Å². The van der Waals surface area contributed by atoms with Crippen LogP contribution in [-0.2, 0) is 16.6 Å². The van der Waals surface area contributed by atoms with Gasteiger partial charge in [-0.05, 0) is 25.3 Å². The number of likely N-dealkylation sites (tertiary alicyclic amines) is 1. The van der Waals surface area contributed by atoms with Crippen molar-refractivity contribution >= 4 is 16.8 Å². The molecule has 116 valence electrons. The molecule has 1 heterocycles. The number of hydrogen-bond acceptors (Lipinski definition) is 2. The normalized spacial score (nSPS) is 17.0. The Hall–Kier alpha value is -1.36. The Bertz CT molecular complexity index is 470. The summed E-state index contributed by atoms with van der Waals surface area (Å²) < 4.78 is 12.1. The van der Waals surface area contributed by atoms with Crippen LogP contribution in [0.2, 0.25) is 0 Å². The van der Waals surface area contributed by atoms with Gasteiger partial charge in [0.1, 0.15) is 0 Å². The van der Waals surface area contributed by atoms with Crippen molar-refractivity contribution in [3.63, 3.8) is 0 Å². The molecule has 2 rings (SSSR count). The molecule has 0 bridgehead atoms. The number of benzene rings is 1. The molecule has 1 unspecified atom stereocenters. The van der Waals surface area contributed by atoms with Crippen molar-refractivity contribution in [3.8, 4) is 0 Å². The van der Waals surface area contributed by atoms with Gasteiger partial charge in [0, 0.05) is 41.9 Å². The van der Waals surface area contributed by atoms with E-state index in [2.05, 4.69) is 22.1 Å². The molecule has 0 amide bonds. The first-order valence-electron chi connectivity index (χ1n) is 7.71. The Labute approximate surface area is 130 Å². The highest BCUT2D eigenvalue weighted by Crippen LogP contribution is 2.07. The fourth-order valence-corrected chi connectivity index (χ4v) is 3.44. The largest absolute Gasteiger partial charge is 0.357 e. The second-order valence-corrected chi connectivity index (χ2v) is 6.78. The molecule has 0 aromatic heterocycles. The molecule has 1 aliphatic heterocycles. The Morgan fingerprint density at radius 1 is 1.29 bits per heavy atom. The molecule has 0 aliphatic carbocycles. The number of aliphatic imine (C=N–C) groups is 1. The van der Waals surface area contributed by atoms with Gasteiger partial charge in [-0.3, -0.25) is 9.20 Å². The van der Waals surface area contributed by atoms with Gasteiger partial charge in [-0.2, -0.15) is 0 Å². The zero-order valence-electron chi connectivity index (χ0n) is 12.8. The van der Waals surface area contributed by atoms with Gasteiger partial charge in [0.2, 0.25) is 0 Å². The Morgan fingerprint density at radius 2 is 2.00 bits per heavy atom. The van der Waals surface area contributed by atoms with E-state index in [-0.39, 0.29) is 0 Å². The van der Waals surface area contributed by atoms with E-state index in [0.717, 1.165) is 31.2 Å². The third-order valence-corrected chi connectivity index (χ3v) is 4.78. The molecule has 21 heavy (non-hydrogen) atoms. The molecule has 1 fully saturated rings. The van der Waals surface area contributed by atoms with Crippen LogP contribution >= 0.6 is 0 Å². The third-order valence-electron chi connectivity index (χ3n) is 3.49. The number of rotatable bonds is 6. The maximum atomic E-state index is 12.1. The molecule has 1 N–H and O–H groups in total. The fraction of sp³-hybridized carbons (Fsp3) is 0.562. The van der Waals surface area contributed by atoms with Crippen molar-refractivity contribution in [3.05, 3.63) is 35.9 Å². The summed E-state index contributed by atoms with van der Waals surface area (Å²) in [5, 5.41) is 3.32. The van der Waals surface area contributed by atoms with Crippen molar-refractivity contribution in [2.24, 2.45) is 4.99 Å². The summed E-state index contributed by atoms with van der Waals surface area (Å²) in [5.74, 6) is 2.22. The molecule has 1 aromatic rings. The Kier molecular flexibility index (Phi) is 6.73. The molecule has 0 saturated carbocycles. The summed E-state index contributed by atoms with van der Waals surface area (Å²) in [6, 6.07) is 10.0. The average molecular weight is 307 g/mol. The molecular formula is C16H25N3OS. The first kappa shape index (κ1) is 16.0. The number of nitrogens with zero attached hydrogens (tertiary/aromatic N) is 2. The van der Waals surface area contributed by atoms with Crippen molar-refractivity contribution in [2.75, 3.05) is 31.9 Å². The third kappa shape index (κ3) is 5.50. The van der Waals surface area contributed by atoms with E-state index in [4.69, 9.17) is 0 Å². The first-order chi connectivity index (χ1) is 10.3. The lowest BCUT2D eigenvalue weighted by Crippen LogP contribution is -2.39. The van der Waals surface area contributed by atoms with Crippen molar-refractivity contribution < 1.29 is 4.21 Å². The summed E-state index contributed by atoms with van der Waals surface area (Å²) in [4.78, 5) is 6.91. The monoisotopic (exact) mass is 307 g/mol. The summed E-state index contributed by atoms with van der Waals surface area (Å²) in [6.45, 7) is 5.75. The number of guanidine groups is 1. The molecular weight excluding hydrogens is 282 g/mol. The highest BCUT2D eigenvalue weighted by Gasteiger charge is 2.15.